The highest BCUT2D eigenvalue weighted by molar-refractivity contribution is 6.99. The van der Waals surface area contributed by atoms with Gasteiger partial charge in [-0.2, -0.15) is 0 Å². The van der Waals surface area contributed by atoms with Gasteiger partial charge in [-0.3, -0.25) is 19.3 Å². The zero-order valence-corrected chi connectivity index (χ0v) is 26.7. The van der Waals surface area contributed by atoms with Crippen LogP contribution in [0.5, 0.6) is 0 Å². The third kappa shape index (κ3) is 4.65. The minimum absolute atomic E-state index is 0.169. The molecule has 4 heterocycles. The number of fused-ring (bicyclic) bond motifs is 2. The van der Waals surface area contributed by atoms with Gasteiger partial charge in [-0.15, -0.1) is 0 Å². The van der Waals surface area contributed by atoms with Gasteiger partial charge in [0, 0.05) is 28.9 Å². The first kappa shape index (κ1) is 28.7. The summed E-state index contributed by atoms with van der Waals surface area (Å²) < 4.78 is 9.11. The molecule has 0 fully saturated rings. The average Bonchev–Trinajstić information content (AvgIpc) is 3.68. The van der Waals surface area contributed by atoms with E-state index in [2.05, 4.69) is 79.6 Å². The SMILES string of the molecule is Cc1nc2ccc(CO[Si](c3ccccc3)(c3ccccc3)C(C)(C)C)cn2c1C1=C(c2c[nH]c3ccccc23)C(=O)NC1=O. The fraction of sp³-hybridized carbons (Fsp3) is 0.162. The van der Waals surface area contributed by atoms with E-state index < -0.39 is 20.1 Å². The highest BCUT2D eigenvalue weighted by Gasteiger charge is 2.50. The lowest BCUT2D eigenvalue weighted by molar-refractivity contribution is -0.122. The van der Waals surface area contributed by atoms with E-state index in [1.807, 2.05) is 66.1 Å². The summed E-state index contributed by atoms with van der Waals surface area (Å²) in [6.45, 7) is 9.01. The van der Waals surface area contributed by atoms with Gasteiger partial charge in [0.05, 0.1) is 29.1 Å². The molecule has 0 bridgehead atoms. The summed E-state index contributed by atoms with van der Waals surface area (Å²) in [5, 5.41) is 5.66. The number of carbonyl (C=O) groups is 2. The second-order valence-corrected chi connectivity index (χ2v) is 16.9. The van der Waals surface area contributed by atoms with Gasteiger partial charge in [0.2, 0.25) is 0 Å². The molecule has 0 atom stereocenters. The van der Waals surface area contributed by atoms with Crippen LogP contribution >= 0.6 is 0 Å². The van der Waals surface area contributed by atoms with E-state index >= 15 is 0 Å². The first-order valence-electron chi connectivity index (χ1n) is 15.1. The number of H-pyrrole nitrogens is 1. The van der Waals surface area contributed by atoms with Gasteiger partial charge in [0.25, 0.3) is 20.1 Å². The number of benzene rings is 3. The summed E-state index contributed by atoms with van der Waals surface area (Å²) in [7, 11) is -2.77. The van der Waals surface area contributed by atoms with E-state index in [-0.39, 0.29) is 5.04 Å². The van der Waals surface area contributed by atoms with Crippen LogP contribution < -0.4 is 15.7 Å². The normalized spacial score (nSPS) is 14.1. The Hall–Kier alpha value is -5.05. The van der Waals surface area contributed by atoms with E-state index in [1.54, 1.807) is 6.20 Å². The molecule has 7 rings (SSSR count). The topological polar surface area (TPSA) is 88.5 Å². The number of hydrogen-bond donors (Lipinski definition) is 2. The Morgan fingerprint density at radius 1 is 0.800 bits per heavy atom. The monoisotopic (exact) mass is 610 g/mol. The van der Waals surface area contributed by atoms with Crippen LogP contribution in [0.1, 0.15) is 43.3 Å². The first-order chi connectivity index (χ1) is 21.7. The zero-order valence-electron chi connectivity index (χ0n) is 25.7. The van der Waals surface area contributed by atoms with E-state index in [0.717, 1.165) is 16.5 Å². The maximum absolute atomic E-state index is 13.4. The van der Waals surface area contributed by atoms with E-state index in [4.69, 9.17) is 9.41 Å². The molecule has 0 radical (unpaired) electrons. The van der Waals surface area contributed by atoms with Crippen LogP contribution in [0.15, 0.2) is 109 Å². The number of amides is 2. The summed E-state index contributed by atoms with van der Waals surface area (Å²) >= 11 is 0. The largest absolute Gasteiger partial charge is 0.403 e. The second-order valence-electron chi connectivity index (χ2n) is 12.5. The number of imide groups is 1. The van der Waals surface area contributed by atoms with Crippen molar-refractivity contribution in [2.24, 2.45) is 0 Å². The van der Waals surface area contributed by atoms with Crippen LogP contribution in [0.4, 0.5) is 0 Å². The zero-order chi connectivity index (χ0) is 31.3. The Labute approximate surface area is 262 Å². The number of nitrogens with zero attached hydrogens (tertiary/aromatic N) is 2. The number of carbonyl (C=O) groups excluding carboxylic acids is 2. The number of rotatable bonds is 7. The highest BCUT2D eigenvalue weighted by Crippen LogP contribution is 2.38. The number of pyridine rings is 1. The number of nitrogens with one attached hydrogen (secondary N) is 2. The molecule has 8 heteroatoms. The lowest BCUT2D eigenvalue weighted by atomic mass is 9.98. The molecular weight excluding hydrogens is 577 g/mol. The molecule has 1 aliphatic heterocycles. The number of para-hydroxylation sites is 1. The maximum atomic E-state index is 13.4. The van der Waals surface area contributed by atoms with Crippen molar-refractivity contribution < 1.29 is 14.0 Å². The molecule has 0 saturated heterocycles. The molecule has 2 amide bonds. The van der Waals surface area contributed by atoms with Gasteiger partial charge in [-0.25, -0.2) is 4.98 Å². The van der Waals surface area contributed by atoms with Gasteiger partial charge in [0.15, 0.2) is 0 Å². The summed E-state index contributed by atoms with van der Waals surface area (Å²) in [5.74, 6) is -0.848. The minimum Gasteiger partial charge on any atom is -0.403 e. The van der Waals surface area contributed by atoms with Crippen molar-refractivity contribution in [1.29, 1.82) is 0 Å². The molecule has 224 valence electrons. The van der Waals surface area contributed by atoms with Gasteiger partial charge in [-0.05, 0) is 40.0 Å². The number of aryl methyl sites for hydroxylation is 1. The molecule has 0 spiro atoms. The Morgan fingerprint density at radius 3 is 2.09 bits per heavy atom. The van der Waals surface area contributed by atoms with E-state index in [9.17, 15) is 9.59 Å². The predicted molar refractivity (Wildman–Crippen MR) is 181 cm³/mol. The van der Waals surface area contributed by atoms with Crippen molar-refractivity contribution in [3.63, 3.8) is 0 Å². The van der Waals surface area contributed by atoms with Crippen LogP contribution in [-0.2, 0) is 20.6 Å². The molecule has 45 heavy (non-hydrogen) atoms. The van der Waals surface area contributed by atoms with Crippen molar-refractivity contribution in [3.8, 4) is 0 Å². The summed E-state index contributed by atoms with van der Waals surface area (Å²) in [6.07, 6.45) is 3.78. The molecule has 3 aromatic heterocycles. The van der Waals surface area contributed by atoms with Crippen molar-refractivity contribution in [2.75, 3.05) is 0 Å². The Kier molecular flexibility index (Phi) is 6.91. The standard InChI is InChI=1S/C37H34N4O3Si/c1-24-34(33-32(35(42)40-36(33)43)29-21-38-30-18-12-11-17-28(29)30)41-22-25(19-20-31(41)39-24)23-44-45(37(2,3)4,26-13-7-5-8-14-26)27-15-9-6-10-16-27/h5-22,38H,23H2,1-4H3,(H,40,42,43). The fourth-order valence-electron chi connectivity index (χ4n) is 6.76. The van der Waals surface area contributed by atoms with Crippen LogP contribution in [0.25, 0.3) is 27.7 Å². The highest BCUT2D eigenvalue weighted by atomic mass is 28.4. The summed E-state index contributed by atoms with van der Waals surface area (Å²) in [6, 6.07) is 32.8. The summed E-state index contributed by atoms with van der Waals surface area (Å²) in [4.78, 5) is 34.7. The van der Waals surface area contributed by atoms with Crippen LogP contribution in [0, 0.1) is 6.92 Å². The third-order valence-electron chi connectivity index (χ3n) is 8.75. The van der Waals surface area contributed by atoms with Crippen molar-refractivity contribution >= 4 is 58.2 Å². The number of imidazole rings is 1. The molecular formula is C37H34N4O3Si. The molecule has 0 unspecified atom stereocenters. The quantitative estimate of drug-likeness (QED) is 0.178. The Morgan fingerprint density at radius 2 is 1.42 bits per heavy atom. The van der Waals surface area contributed by atoms with Crippen LogP contribution in [-0.4, -0.2) is 34.5 Å². The van der Waals surface area contributed by atoms with Gasteiger partial charge in [0.1, 0.15) is 5.65 Å². The van der Waals surface area contributed by atoms with E-state index in [1.165, 1.54) is 10.4 Å². The molecule has 1 aliphatic rings. The van der Waals surface area contributed by atoms with Crippen molar-refractivity contribution in [3.05, 3.63) is 132 Å². The maximum Gasteiger partial charge on any atom is 0.261 e. The molecule has 3 aromatic carbocycles. The third-order valence-corrected chi connectivity index (χ3v) is 13.7. The van der Waals surface area contributed by atoms with Gasteiger partial charge >= 0.3 is 0 Å². The average molecular weight is 611 g/mol. The fourth-order valence-corrected chi connectivity index (χ4v) is 11.3. The van der Waals surface area contributed by atoms with E-state index in [0.29, 0.717) is 40.4 Å². The molecule has 7 nitrogen and oxygen atoms in total. The van der Waals surface area contributed by atoms with Crippen molar-refractivity contribution in [2.45, 2.75) is 39.3 Å². The molecule has 2 N–H and O–H groups in total. The van der Waals surface area contributed by atoms with Gasteiger partial charge in [-0.1, -0.05) is 106 Å². The Bertz CT molecular complexity index is 2080. The predicted octanol–water partition coefficient (Wildman–Crippen LogP) is 5.77. The van der Waals surface area contributed by atoms with Crippen LogP contribution in [0.2, 0.25) is 5.04 Å². The first-order valence-corrected chi connectivity index (χ1v) is 17.0. The van der Waals surface area contributed by atoms with Crippen LogP contribution in [0.3, 0.4) is 0 Å². The number of hydrogen-bond acceptors (Lipinski definition) is 4. The minimum atomic E-state index is -2.77. The molecule has 6 aromatic rings. The number of aromatic amines is 1. The molecule has 0 saturated carbocycles. The van der Waals surface area contributed by atoms with Crippen molar-refractivity contribution in [1.82, 2.24) is 19.7 Å². The van der Waals surface area contributed by atoms with Gasteiger partial charge < -0.3 is 9.41 Å². The molecule has 0 aliphatic carbocycles. The lowest BCUT2D eigenvalue weighted by Crippen LogP contribution is -2.66. The Balaban J connectivity index is 1.35. The summed E-state index contributed by atoms with van der Waals surface area (Å²) in [5.41, 5.74) is 5.13. The lowest BCUT2D eigenvalue weighted by Gasteiger charge is -2.43. The second kappa shape index (κ2) is 10.8. The smallest absolute Gasteiger partial charge is 0.261 e. The number of aromatic nitrogens is 3.